The monoisotopic (exact) mass is 831 g/mol. The molecule has 59 heavy (non-hydrogen) atoms. The molecule has 1 aromatic heterocycles. The predicted molar refractivity (Wildman–Crippen MR) is 216 cm³/mol. The number of likely N-dealkylation sites (tertiary alicyclic amines) is 1. The number of nitrogens with zero attached hydrogens (tertiary/aromatic N) is 3. The third-order valence-corrected chi connectivity index (χ3v) is 13.0. The average Bonchev–Trinajstić information content (AvgIpc) is 4.08. The Morgan fingerprint density at radius 3 is 2.31 bits per heavy atom. The quantitative estimate of drug-likeness (QED) is 0.157. The zero-order valence-corrected chi connectivity index (χ0v) is 34.1. The van der Waals surface area contributed by atoms with Gasteiger partial charge in [0.2, 0.25) is 27.7 Å². The number of carbonyl (C=O) groups is 4. The van der Waals surface area contributed by atoms with Gasteiger partial charge in [-0.2, -0.15) is 4.98 Å². The van der Waals surface area contributed by atoms with Gasteiger partial charge >= 0.3 is 6.09 Å². The molecule has 0 bridgehead atoms. The van der Waals surface area contributed by atoms with E-state index in [1.165, 1.54) is 23.1 Å². The Hall–Kier alpha value is -5.58. The molecule has 7 rings (SSSR count). The summed E-state index contributed by atoms with van der Waals surface area (Å²) in [7, 11) is -3.94. The Morgan fingerprint density at radius 2 is 1.68 bits per heavy atom. The second kappa shape index (κ2) is 16.6. The Morgan fingerprint density at radius 1 is 0.983 bits per heavy atom. The number of sulfonamides is 1. The van der Waals surface area contributed by atoms with Gasteiger partial charge in [-0.05, 0) is 74.6 Å². The summed E-state index contributed by atoms with van der Waals surface area (Å²) in [6, 6.07) is 14.1. The van der Waals surface area contributed by atoms with E-state index in [0.29, 0.717) is 35.7 Å². The Labute approximate surface area is 343 Å². The summed E-state index contributed by atoms with van der Waals surface area (Å²) < 4.78 is 53.5. The Balaban J connectivity index is 1.18. The molecule has 0 radical (unpaired) electrons. The zero-order chi connectivity index (χ0) is 42.1. The molecule has 3 aromatic rings. The molecule has 4 amide bonds. The number of carbonyl (C=O) groups excluding carboxylic acids is 4. The lowest BCUT2D eigenvalue weighted by molar-refractivity contribution is -0.143. The molecule has 5 atom stereocenters. The van der Waals surface area contributed by atoms with Crippen molar-refractivity contribution >= 4 is 45.3 Å². The number of rotatable bonds is 14. The number of hydrogen-bond donors (Lipinski definition) is 4. The molecule has 3 aliphatic carbocycles. The molecule has 4 aliphatic rings. The summed E-state index contributed by atoms with van der Waals surface area (Å²) in [6.45, 7) is 9.01. The van der Waals surface area contributed by atoms with Crippen LogP contribution < -0.4 is 25.4 Å². The van der Waals surface area contributed by atoms with Crippen LogP contribution in [0.2, 0.25) is 0 Å². The minimum atomic E-state index is -3.94. The van der Waals surface area contributed by atoms with Crippen molar-refractivity contribution in [3.63, 3.8) is 0 Å². The minimum Gasteiger partial charge on any atom is -0.472 e. The standard InChI is InChI=1S/C42H50FN7O8S/c1-5-26-23-42(26,39(53)49-59(55,56)31-19-20-31)48-37(51)32-21-30(24-50(32)38(52)35(41(2,3)4)47-40(54)58-29-13-9-10-14-29)57-34-22-33(44-28-17-15-27(43)16-18-28)45-36(46-34)25-11-7-6-8-12-25/h5-8,11-12,15-18,22,26,29-32,35H,1,9-10,13-14,19-21,23-24H2,2-4H3,(H,47,54)(H,48,51)(H,49,53)(H,44,45,46)/t26-,30-,32+,35-,42-/m1/s1. The van der Waals surface area contributed by atoms with E-state index in [9.17, 15) is 32.0 Å². The van der Waals surface area contributed by atoms with Gasteiger partial charge in [0.15, 0.2) is 5.82 Å². The van der Waals surface area contributed by atoms with Crippen molar-refractivity contribution in [3.05, 3.63) is 79.1 Å². The molecule has 3 saturated carbocycles. The first kappa shape index (κ1) is 41.6. The summed E-state index contributed by atoms with van der Waals surface area (Å²) >= 11 is 0. The fourth-order valence-corrected chi connectivity index (χ4v) is 9.00. The number of alkyl carbamates (subject to hydrolysis) is 1. The fraction of sp³-hybridized carbons (Fsp3) is 0.476. The van der Waals surface area contributed by atoms with Crippen molar-refractivity contribution < 1.29 is 41.5 Å². The van der Waals surface area contributed by atoms with E-state index in [1.54, 1.807) is 39.0 Å². The van der Waals surface area contributed by atoms with Crippen molar-refractivity contribution in [2.45, 2.75) is 107 Å². The lowest BCUT2D eigenvalue weighted by Crippen LogP contribution is -2.60. The Bertz CT molecular complexity index is 2190. The number of halogens is 1. The number of nitrogens with one attached hydrogen (secondary N) is 4. The Kier molecular flexibility index (Phi) is 11.7. The molecular formula is C42H50FN7O8S. The maximum absolute atomic E-state index is 14.7. The average molecular weight is 832 g/mol. The zero-order valence-electron chi connectivity index (χ0n) is 33.3. The van der Waals surface area contributed by atoms with Crippen LogP contribution in [0.1, 0.15) is 72.1 Å². The summed E-state index contributed by atoms with van der Waals surface area (Å²) in [6.07, 6.45) is 3.93. The normalized spacial score (nSPS) is 23.5. The van der Waals surface area contributed by atoms with E-state index < -0.39 is 80.0 Å². The van der Waals surface area contributed by atoms with Crippen LogP contribution in [-0.4, -0.2) is 88.7 Å². The molecule has 2 heterocycles. The van der Waals surface area contributed by atoms with Crippen LogP contribution in [0.3, 0.4) is 0 Å². The molecule has 4 fully saturated rings. The number of anilines is 2. The van der Waals surface area contributed by atoms with E-state index in [-0.39, 0.29) is 31.4 Å². The van der Waals surface area contributed by atoms with Gasteiger partial charge < -0.3 is 30.3 Å². The largest absolute Gasteiger partial charge is 0.472 e. The van der Waals surface area contributed by atoms with Gasteiger partial charge in [0.1, 0.15) is 41.5 Å². The van der Waals surface area contributed by atoms with Gasteiger partial charge in [-0.25, -0.2) is 22.6 Å². The number of ether oxygens (including phenoxy) is 2. The van der Waals surface area contributed by atoms with Crippen LogP contribution in [0.4, 0.5) is 20.7 Å². The van der Waals surface area contributed by atoms with Gasteiger partial charge in [0.05, 0.1) is 11.8 Å². The second-order valence-corrected chi connectivity index (χ2v) is 18.8. The number of benzene rings is 2. The van der Waals surface area contributed by atoms with Crippen molar-refractivity contribution in [2.24, 2.45) is 11.3 Å². The highest BCUT2D eigenvalue weighted by atomic mass is 32.2. The van der Waals surface area contributed by atoms with Gasteiger partial charge in [-0.1, -0.05) is 57.2 Å². The molecule has 17 heteroatoms. The summed E-state index contributed by atoms with van der Waals surface area (Å²) in [5.41, 5.74) is -1.21. The smallest absolute Gasteiger partial charge is 0.408 e. The lowest BCUT2D eigenvalue weighted by atomic mass is 9.85. The minimum absolute atomic E-state index is 0.0524. The van der Waals surface area contributed by atoms with Gasteiger partial charge in [0.25, 0.3) is 5.91 Å². The molecule has 15 nitrogen and oxygen atoms in total. The highest BCUT2D eigenvalue weighted by Gasteiger charge is 2.62. The van der Waals surface area contributed by atoms with Crippen molar-refractivity contribution in [1.82, 2.24) is 30.2 Å². The number of hydrogen-bond acceptors (Lipinski definition) is 11. The van der Waals surface area contributed by atoms with Crippen LogP contribution in [0.25, 0.3) is 11.4 Å². The molecule has 0 spiro atoms. The van der Waals surface area contributed by atoms with Crippen LogP contribution in [0.5, 0.6) is 5.88 Å². The first-order chi connectivity index (χ1) is 28.0. The van der Waals surface area contributed by atoms with Gasteiger partial charge in [-0.3, -0.25) is 19.1 Å². The molecule has 0 unspecified atom stereocenters. The summed E-state index contributed by atoms with van der Waals surface area (Å²) in [5, 5.41) is 8.03. The fourth-order valence-electron chi connectivity index (χ4n) is 7.64. The van der Waals surface area contributed by atoms with Crippen LogP contribution in [-0.2, 0) is 29.1 Å². The summed E-state index contributed by atoms with van der Waals surface area (Å²) in [5.74, 6) is -2.37. The second-order valence-electron chi connectivity index (χ2n) is 16.8. The maximum Gasteiger partial charge on any atom is 0.408 e. The molecule has 2 aromatic carbocycles. The predicted octanol–water partition coefficient (Wildman–Crippen LogP) is 5.13. The highest BCUT2D eigenvalue weighted by Crippen LogP contribution is 2.45. The van der Waals surface area contributed by atoms with E-state index in [4.69, 9.17) is 9.47 Å². The number of aromatic nitrogens is 2. The van der Waals surface area contributed by atoms with Gasteiger partial charge in [0, 0.05) is 29.7 Å². The van der Waals surface area contributed by atoms with E-state index in [2.05, 4.69) is 37.2 Å². The third-order valence-electron chi connectivity index (χ3n) is 11.2. The highest BCUT2D eigenvalue weighted by molar-refractivity contribution is 7.91. The van der Waals surface area contributed by atoms with Crippen LogP contribution in [0, 0.1) is 17.2 Å². The first-order valence-electron chi connectivity index (χ1n) is 20.0. The van der Waals surface area contributed by atoms with Gasteiger partial charge in [-0.15, -0.1) is 6.58 Å². The van der Waals surface area contributed by atoms with E-state index in [1.807, 2.05) is 30.3 Å². The van der Waals surface area contributed by atoms with E-state index >= 15 is 0 Å². The van der Waals surface area contributed by atoms with Crippen LogP contribution >= 0.6 is 0 Å². The molecule has 4 N–H and O–H groups in total. The SMILES string of the molecule is C=C[C@@H]1C[C@]1(NC(=O)[C@@H]1C[C@@H](Oc2cc(Nc3ccc(F)cc3)nc(-c3ccccc3)n2)CN1C(=O)[C@@H](NC(=O)OC1CCCC1)C(C)(C)C)C(=O)NS(=O)(=O)C1CC1. The van der Waals surface area contributed by atoms with Crippen LogP contribution in [0.15, 0.2) is 73.3 Å². The van der Waals surface area contributed by atoms with Crippen molar-refractivity contribution in [1.29, 1.82) is 0 Å². The maximum atomic E-state index is 14.7. The van der Waals surface area contributed by atoms with Crippen molar-refractivity contribution in [3.8, 4) is 17.3 Å². The molecule has 314 valence electrons. The molecule has 1 saturated heterocycles. The van der Waals surface area contributed by atoms with E-state index in [0.717, 1.165) is 25.7 Å². The third kappa shape index (κ3) is 9.67. The lowest BCUT2D eigenvalue weighted by Gasteiger charge is -2.35. The first-order valence-corrected chi connectivity index (χ1v) is 21.5. The number of amides is 4. The molecular weight excluding hydrogens is 782 g/mol. The topological polar surface area (TPSA) is 198 Å². The summed E-state index contributed by atoms with van der Waals surface area (Å²) in [4.78, 5) is 66.5. The van der Waals surface area contributed by atoms with Crippen molar-refractivity contribution in [2.75, 3.05) is 11.9 Å². The molecule has 1 aliphatic heterocycles.